The monoisotopic (exact) mass is 758 g/mol. The number of aliphatic hydroxyl groups excluding tert-OH is 2. The summed E-state index contributed by atoms with van der Waals surface area (Å²) in [6, 6.07) is 45.2. The van der Waals surface area contributed by atoms with Crippen LogP contribution in [-0.2, 0) is 17.3 Å². The highest BCUT2D eigenvalue weighted by Gasteiger charge is 2.26. The molecule has 4 N–H and O–H groups in total. The summed E-state index contributed by atoms with van der Waals surface area (Å²) >= 11 is 0. The van der Waals surface area contributed by atoms with Crippen molar-refractivity contribution in [3.63, 3.8) is 0 Å². The second kappa shape index (κ2) is 17.5. The number of hydrogen-bond acceptors (Lipinski definition) is 6. The molecule has 4 atom stereocenters. The van der Waals surface area contributed by atoms with Gasteiger partial charge in [0.1, 0.15) is 35.8 Å². The molecule has 0 unspecified atom stereocenters. The molecule has 292 valence electrons. The van der Waals surface area contributed by atoms with E-state index in [1.165, 1.54) is 0 Å². The van der Waals surface area contributed by atoms with E-state index >= 15 is 0 Å². The van der Waals surface area contributed by atoms with E-state index in [1.807, 2.05) is 146 Å². The SMILES string of the molecule is CC(C)(C)c1cc(Cc2cc(C=N[C@@H](c3ccccc3)[C@H](O)c3ccccc3)c(O)c(C(C)(C)C)c2)cc(C=N[C@@H](c2ccccc2)[C@H](O)c2ccccc2)c1O. The Morgan fingerprint density at radius 3 is 1.05 bits per heavy atom. The molecular formula is C51H54N2O4. The van der Waals surface area contributed by atoms with Crippen LogP contribution in [0.1, 0.15) is 121 Å². The first-order valence-corrected chi connectivity index (χ1v) is 19.6. The van der Waals surface area contributed by atoms with Crippen LogP contribution < -0.4 is 0 Å². The predicted octanol–water partition coefficient (Wildman–Crippen LogP) is 11.1. The van der Waals surface area contributed by atoms with Crippen molar-refractivity contribution in [3.05, 3.63) is 201 Å². The molecule has 0 radical (unpaired) electrons. The molecule has 6 heteroatoms. The van der Waals surface area contributed by atoms with Crippen molar-refractivity contribution in [2.75, 3.05) is 0 Å². The van der Waals surface area contributed by atoms with Crippen molar-refractivity contribution < 1.29 is 20.4 Å². The van der Waals surface area contributed by atoms with Gasteiger partial charge in [-0.25, -0.2) is 0 Å². The molecule has 0 aliphatic carbocycles. The number of phenols is 2. The lowest BCUT2D eigenvalue weighted by molar-refractivity contribution is 0.148. The summed E-state index contributed by atoms with van der Waals surface area (Å²) in [4.78, 5) is 9.88. The lowest BCUT2D eigenvalue weighted by atomic mass is 9.82. The van der Waals surface area contributed by atoms with Crippen LogP contribution in [0.2, 0.25) is 0 Å². The molecule has 0 aliphatic heterocycles. The Balaban J connectivity index is 1.41. The fourth-order valence-corrected chi connectivity index (χ4v) is 7.20. The average molecular weight is 759 g/mol. The van der Waals surface area contributed by atoms with E-state index in [2.05, 4.69) is 41.5 Å². The summed E-state index contributed by atoms with van der Waals surface area (Å²) in [5.74, 6) is 0.294. The van der Waals surface area contributed by atoms with Gasteiger partial charge in [-0.1, -0.05) is 175 Å². The molecule has 6 aromatic rings. The highest BCUT2D eigenvalue weighted by atomic mass is 16.3. The summed E-state index contributed by atoms with van der Waals surface area (Å²) in [5, 5.41) is 46.5. The van der Waals surface area contributed by atoms with Crippen LogP contribution >= 0.6 is 0 Å². The van der Waals surface area contributed by atoms with Crippen LogP contribution in [0.25, 0.3) is 0 Å². The number of benzene rings is 6. The average Bonchev–Trinajstić information content (AvgIpc) is 3.20. The second-order valence-corrected chi connectivity index (χ2v) is 16.8. The molecule has 0 fully saturated rings. The van der Waals surface area contributed by atoms with Gasteiger partial charge in [-0.3, -0.25) is 9.98 Å². The lowest BCUT2D eigenvalue weighted by Gasteiger charge is -2.25. The maximum atomic E-state index is 11.7. The van der Waals surface area contributed by atoms with Crippen molar-refractivity contribution in [1.29, 1.82) is 0 Å². The largest absolute Gasteiger partial charge is 0.507 e. The fraction of sp³-hybridized carbons (Fsp3) is 0.255. The van der Waals surface area contributed by atoms with E-state index in [0.29, 0.717) is 17.5 Å². The summed E-state index contributed by atoms with van der Waals surface area (Å²) in [7, 11) is 0. The standard InChI is InChI=1S/C51H54N2O4/c1-50(2,3)42-30-34(28-40(46(42)54)32-52-44(36-19-11-7-12-20-36)48(56)38-23-15-9-16-24-38)27-35-29-41(47(55)43(31-35)51(4,5)6)33-53-45(37-21-13-8-14-22-37)49(57)39-25-17-10-18-26-39/h7-26,28-33,44-45,48-49,54-57H,27H2,1-6H3/t44-,45-,48+,49+/m0/s1. The van der Waals surface area contributed by atoms with Crippen molar-refractivity contribution in [1.82, 2.24) is 0 Å². The minimum absolute atomic E-state index is 0.147. The Labute approximate surface area is 337 Å². The van der Waals surface area contributed by atoms with Crippen molar-refractivity contribution >= 4 is 12.4 Å². The maximum absolute atomic E-state index is 11.7. The Kier molecular flexibility index (Phi) is 12.6. The highest BCUT2D eigenvalue weighted by molar-refractivity contribution is 5.86. The molecule has 0 spiro atoms. The van der Waals surface area contributed by atoms with Crippen LogP contribution in [0.4, 0.5) is 0 Å². The molecule has 6 nitrogen and oxygen atoms in total. The third-order valence-corrected chi connectivity index (χ3v) is 10.3. The van der Waals surface area contributed by atoms with E-state index in [0.717, 1.165) is 44.5 Å². The summed E-state index contributed by atoms with van der Waals surface area (Å²) in [5.41, 5.74) is 7.00. The van der Waals surface area contributed by atoms with Crippen molar-refractivity contribution in [3.8, 4) is 11.5 Å². The Bertz CT molecular complexity index is 2130. The molecule has 0 saturated heterocycles. The Morgan fingerprint density at radius 1 is 0.456 bits per heavy atom. The van der Waals surface area contributed by atoms with Gasteiger partial charge in [-0.2, -0.15) is 0 Å². The topological polar surface area (TPSA) is 106 Å². The smallest absolute Gasteiger partial charge is 0.128 e. The van der Waals surface area contributed by atoms with Gasteiger partial charge in [-0.15, -0.1) is 0 Å². The van der Waals surface area contributed by atoms with Crippen LogP contribution in [0, 0.1) is 0 Å². The van der Waals surface area contributed by atoms with Crippen LogP contribution in [0.3, 0.4) is 0 Å². The zero-order valence-corrected chi connectivity index (χ0v) is 33.7. The first kappa shape index (κ1) is 40.8. The Hall–Kier alpha value is -5.82. The number of hydrogen-bond donors (Lipinski definition) is 4. The summed E-state index contributed by atoms with van der Waals surface area (Å²) in [6.07, 6.45) is 2.04. The first-order chi connectivity index (χ1) is 27.2. The van der Waals surface area contributed by atoms with E-state index < -0.39 is 24.3 Å². The summed E-state index contributed by atoms with van der Waals surface area (Å²) < 4.78 is 0. The van der Waals surface area contributed by atoms with Crippen molar-refractivity contribution in [2.45, 2.75) is 83.1 Å². The van der Waals surface area contributed by atoms with E-state index in [-0.39, 0.29) is 22.3 Å². The van der Waals surface area contributed by atoms with E-state index in [9.17, 15) is 20.4 Å². The van der Waals surface area contributed by atoms with Crippen LogP contribution in [0.5, 0.6) is 11.5 Å². The molecule has 0 saturated carbocycles. The second-order valence-electron chi connectivity index (χ2n) is 16.8. The van der Waals surface area contributed by atoms with Crippen molar-refractivity contribution in [2.24, 2.45) is 9.98 Å². The molecule has 57 heavy (non-hydrogen) atoms. The van der Waals surface area contributed by atoms with Gasteiger partial charge in [-0.05, 0) is 62.8 Å². The van der Waals surface area contributed by atoms with Gasteiger partial charge in [0.2, 0.25) is 0 Å². The van der Waals surface area contributed by atoms with Gasteiger partial charge in [0.15, 0.2) is 0 Å². The minimum atomic E-state index is -0.902. The quantitative estimate of drug-likeness (QED) is 0.0933. The van der Waals surface area contributed by atoms with Crippen LogP contribution in [0.15, 0.2) is 156 Å². The number of aromatic hydroxyl groups is 2. The van der Waals surface area contributed by atoms with Gasteiger partial charge in [0, 0.05) is 34.7 Å². The van der Waals surface area contributed by atoms with Gasteiger partial charge in [0.05, 0.1) is 0 Å². The normalized spacial score (nSPS) is 14.5. The van der Waals surface area contributed by atoms with Gasteiger partial charge in [0.25, 0.3) is 0 Å². The zero-order chi connectivity index (χ0) is 40.7. The lowest BCUT2D eigenvalue weighted by Crippen LogP contribution is -2.14. The minimum Gasteiger partial charge on any atom is -0.507 e. The molecule has 0 heterocycles. The van der Waals surface area contributed by atoms with Gasteiger partial charge >= 0.3 is 0 Å². The molecule has 6 rings (SSSR count). The number of rotatable bonds is 12. The molecule has 0 amide bonds. The number of aliphatic imine (C=N–C) groups is 2. The molecule has 6 aromatic carbocycles. The Morgan fingerprint density at radius 2 is 0.754 bits per heavy atom. The molecular weight excluding hydrogens is 705 g/mol. The van der Waals surface area contributed by atoms with Gasteiger partial charge < -0.3 is 20.4 Å². The molecule has 0 bridgehead atoms. The van der Waals surface area contributed by atoms with E-state index in [4.69, 9.17) is 9.98 Å². The first-order valence-electron chi connectivity index (χ1n) is 19.6. The molecule has 0 aliphatic rings. The maximum Gasteiger partial charge on any atom is 0.128 e. The third kappa shape index (κ3) is 9.95. The number of nitrogens with zero attached hydrogens (tertiary/aromatic N) is 2. The third-order valence-electron chi connectivity index (χ3n) is 10.3. The zero-order valence-electron chi connectivity index (χ0n) is 33.7. The number of phenolic OH excluding ortho intramolecular Hbond substituents is 2. The van der Waals surface area contributed by atoms with E-state index in [1.54, 1.807) is 12.4 Å². The summed E-state index contributed by atoms with van der Waals surface area (Å²) in [6.45, 7) is 12.4. The fourth-order valence-electron chi connectivity index (χ4n) is 7.20. The predicted molar refractivity (Wildman–Crippen MR) is 233 cm³/mol. The number of aliphatic hydroxyl groups is 2. The highest BCUT2D eigenvalue weighted by Crippen LogP contribution is 2.39. The van der Waals surface area contributed by atoms with Crippen LogP contribution in [-0.4, -0.2) is 32.9 Å². The molecule has 0 aromatic heterocycles.